The van der Waals surface area contributed by atoms with Crippen molar-refractivity contribution in [3.63, 3.8) is 0 Å². The van der Waals surface area contributed by atoms with E-state index in [-0.39, 0.29) is 10.8 Å². The standard InChI is InChI=1S/C48H54N2/c1-31-13-19-41(20-14-31)49(45-33(3)25-39(26-34(45)4)47(7,8)9)43-23-17-38-30-44(24-18-37(38)29-43)50(42-21-15-32(2)16-22-42)46-35(5)27-40(28-36(46)6)48(10,11)12/h13-30H,1-12H3. The summed E-state index contributed by atoms with van der Waals surface area (Å²) in [6.07, 6.45) is 0. The van der Waals surface area contributed by atoms with Crippen LogP contribution in [0.4, 0.5) is 34.1 Å². The molecule has 2 nitrogen and oxygen atoms in total. The number of nitrogens with zero attached hydrogens (tertiary/aromatic N) is 2. The van der Waals surface area contributed by atoms with E-state index in [1.54, 1.807) is 0 Å². The number of fused-ring (bicyclic) bond motifs is 1. The van der Waals surface area contributed by atoms with Crippen molar-refractivity contribution >= 4 is 44.9 Å². The van der Waals surface area contributed by atoms with E-state index >= 15 is 0 Å². The second-order valence-corrected chi connectivity index (χ2v) is 16.5. The van der Waals surface area contributed by atoms with Gasteiger partial charge in [-0.25, -0.2) is 0 Å². The lowest BCUT2D eigenvalue weighted by Crippen LogP contribution is -2.16. The van der Waals surface area contributed by atoms with Crippen molar-refractivity contribution in [3.8, 4) is 0 Å². The zero-order valence-electron chi connectivity index (χ0n) is 32.3. The lowest BCUT2D eigenvalue weighted by molar-refractivity contribution is 0.589. The van der Waals surface area contributed by atoms with Crippen molar-refractivity contribution in [1.82, 2.24) is 0 Å². The zero-order valence-corrected chi connectivity index (χ0v) is 32.3. The second kappa shape index (κ2) is 13.1. The smallest absolute Gasteiger partial charge is 0.0520 e. The van der Waals surface area contributed by atoms with Crippen molar-refractivity contribution < 1.29 is 0 Å². The molecule has 0 aliphatic carbocycles. The van der Waals surface area contributed by atoms with Crippen molar-refractivity contribution in [1.29, 1.82) is 0 Å². The Morgan fingerprint density at radius 3 is 0.900 bits per heavy atom. The average molecular weight is 659 g/mol. The Morgan fingerprint density at radius 2 is 0.620 bits per heavy atom. The summed E-state index contributed by atoms with van der Waals surface area (Å²) in [7, 11) is 0. The molecule has 6 aromatic rings. The molecule has 0 saturated carbocycles. The monoisotopic (exact) mass is 658 g/mol. The number of hydrogen-bond acceptors (Lipinski definition) is 2. The Hall–Kier alpha value is -4.82. The van der Waals surface area contributed by atoms with Crippen LogP contribution < -0.4 is 9.80 Å². The average Bonchev–Trinajstić information content (AvgIpc) is 3.04. The van der Waals surface area contributed by atoms with E-state index in [2.05, 4.69) is 202 Å². The van der Waals surface area contributed by atoms with Gasteiger partial charge < -0.3 is 9.80 Å². The van der Waals surface area contributed by atoms with Gasteiger partial charge in [-0.2, -0.15) is 0 Å². The van der Waals surface area contributed by atoms with Crippen LogP contribution in [0.1, 0.15) is 86.1 Å². The maximum atomic E-state index is 2.44. The summed E-state index contributed by atoms with van der Waals surface area (Å²) in [4.78, 5) is 4.87. The van der Waals surface area contributed by atoms with E-state index in [9.17, 15) is 0 Å². The predicted octanol–water partition coefficient (Wildman–Crippen LogP) is 14.2. The van der Waals surface area contributed by atoms with E-state index in [4.69, 9.17) is 0 Å². The molecule has 0 unspecified atom stereocenters. The van der Waals surface area contributed by atoms with Crippen LogP contribution in [0.2, 0.25) is 0 Å². The van der Waals surface area contributed by atoms with Gasteiger partial charge in [0.1, 0.15) is 0 Å². The first-order valence-corrected chi connectivity index (χ1v) is 18.0. The van der Waals surface area contributed by atoms with E-state index < -0.39 is 0 Å². The quantitative estimate of drug-likeness (QED) is 0.176. The van der Waals surface area contributed by atoms with E-state index in [0.717, 1.165) is 22.7 Å². The normalized spacial score (nSPS) is 12.0. The van der Waals surface area contributed by atoms with Crippen LogP contribution in [0.15, 0.2) is 109 Å². The molecular formula is C48H54N2. The first-order chi connectivity index (χ1) is 23.5. The van der Waals surface area contributed by atoms with Crippen LogP contribution in [0.5, 0.6) is 0 Å². The molecule has 2 heteroatoms. The maximum absolute atomic E-state index is 2.44. The number of rotatable bonds is 6. The van der Waals surface area contributed by atoms with E-state index in [1.165, 1.54) is 66.7 Å². The Kier molecular flexibility index (Phi) is 9.20. The molecule has 0 saturated heterocycles. The molecule has 0 N–H and O–H groups in total. The molecule has 50 heavy (non-hydrogen) atoms. The summed E-state index contributed by atoms with van der Waals surface area (Å²) in [6, 6.07) is 41.1. The first kappa shape index (κ1) is 35.0. The molecule has 0 bridgehead atoms. The molecule has 0 radical (unpaired) electrons. The maximum Gasteiger partial charge on any atom is 0.0520 e. The number of benzene rings is 6. The highest BCUT2D eigenvalue weighted by Gasteiger charge is 2.24. The number of aryl methyl sites for hydroxylation is 6. The predicted molar refractivity (Wildman–Crippen MR) is 219 cm³/mol. The van der Waals surface area contributed by atoms with Gasteiger partial charge in [0, 0.05) is 22.7 Å². The van der Waals surface area contributed by atoms with Crippen molar-refractivity contribution in [2.45, 2.75) is 93.9 Å². The van der Waals surface area contributed by atoms with Crippen LogP contribution in [0, 0.1) is 41.5 Å². The summed E-state index contributed by atoms with van der Waals surface area (Å²) < 4.78 is 0. The third-order valence-electron chi connectivity index (χ3n) is 10.1. The number of anilines is 6. The van der Waals surface area contributed by atoms with Crippen molar-refractivity contribution in [3.05, 3.63) is 154 Å². The van der Waals surface area contributed by atoms with Gasteiger partial charge in [0.25, 0.3) is 0 Å². The van der Waals surface area contributed by atoms with Gasteiger partial charge in [-0.05, 0) is 145 Å². The molecule has 0 aliphatic heterocycles. The Morgan fingerprint density at radius 1 is 0.340 bits per heavy atom. The number of hydrogen-bond donors (Lipinski definition) is 0. The zero-order chi connectivity index (χ0) is 36.1. The van der Waals surface area contributed by atoms with Gasteiger partial charge in [-0.3, -0.25) is 0 Å². The summed E-state index contributed by atoms with van der Waals surface area (Å²) in [6.45, 7) is 27.1. The fourth-order valence-electron chi connectivity index (χ4n) is 7.18. The van der Waals surface area contributed by atoms with Gasteiger partial charge in [0.05, 0.1) is 11.4 Å². The third kappa shape index (κ3) is 6.94. The lowest BCUT2D eigenvalue weighted by Gasteiger charge is -2.32. The van der Waals surface area contributed by atoms with Gasteiger partial charge in [0.15, 0.2) is 0 Å². The minimum atomic E-state index is 0.0849. The molecule has 0 atom stereocenters. The van der Waals surface area contributed by atoms with Gasteiger partial charge in [-0.15, -0.1) is 0 Å². The molecule has 0 aromatic heterocycles. The van der Waals surface area contributed by atoms with Gasteiger partial charge >= 0.3 is 0 Å². The fraction of sp³-hybridized carbons (Fsp3) is 0.292. The van der Waals surface area contributed by atoms with Crippen LogP contribution in [-0.4, -0.2) is 0 Å². The largest absolute Gasteiger partial charge is 0.310 e. The Labute approximate surface area is 301 Å². The summed E-state index contributed by atoms with van der Waals surface area (Å²) in [5.41, 5.74) is 17.7. The highest BCUT2D eigenvalue weighted by atomic mass is 15.2. The topological polar surface area (TPSA) is 6.48 Å². The molecule has 0 aliphatic rings. The highest BCUT2D eigenvalue weighted by molar-refractivity contribution is 5.94. The third-order valence-corrected chi connectivity index (χ3v) is 10.1. The summed E-state index contributed by atoms with van der Waals surface area (Å²) in [5, 5.41) is 2.43. The van der Waals surface area contributed by atoms with Crippen LogP contribution in [0.25, 0.3) is 10.8 Å². The minimum absolute atomic E-state index is 0.0849. The summed E-state index contributed by atoms with van der Waals surface area (Å²) >= 11 is 0. The fourth-order valence-corrected chi connectivity index (χ4v) is 7.18. The van der Waals surface area contributed by atoms with Crippen molar-refractivity contribution in [2.75, 3.05) is 9.80 Å². The van der Waals surface area contributed by atoms with Crippen LogP contribution in [-0.2, 0) is 10.8 Å². The summed E-state index contributed by atoms with van der Waals surface area (Å²) in [5.74, 6) is 0. The van der Waals surface area contributed by atoms with Crippen LogP contribution >= 0.6 is 0 Å². The Bertz CT molecular complexity index is 1970. The van der Waals surface area contributed by atoms with E-state index in [1.807, 2.05) is 0 Å². The molecule has 0 spiro atoms. The van der Waals surface area contributed by atoms with Crippen LogP contribution in [0.3, 0.4) is 0 Å². The van der Waals surface area contributed by atoms with E-state index in [0.29, 0.717) is 0 Å². The Balaban J connectivity index is 1.50. The molecular weight excluding hydrogens is 605 g/mol. The van der Waals surface area contributed by atoms with Gasteiger partial charge in [-0.1, -0.05) is 113 Å². The molecule has 6 rings (SSSR count). The molecule has 256 valence electrons. The van der Waals surface area contributed by atoms with Crippen molar-refractivity contribution in [2.24, 2.45) is 0 Å². The molecule has 0 amide bonds. The first-order valence-electron chi connectivity index (χ1n) is 18.0. The lowest BCUT2D eigenvalue weighted by atomic mass is 9.84. The minimum Gasteiger partial charge on any atom is -0.310 e. The second-order valence-electron chi connectivity index (χ2n) is 16.5. The SMILES string of the molecule is Cc1ccc(N(c2ccc3cc(N(c4ccc(C)cc4)c4c(C)cc(C(C)(C)C)cc4C)ccc3c2)c2c(C)cc(C(C)(C)C)cc2C)cc1. The molecule has 0 fully saturated rings. The van der Waals surface area contributed by atoms with Gasteiger partial charge in [0.2, 0.25) is 0 Å². The highest BCUT2D eigenvalue weighted by Crippen LogP contribution is 2.44. The molecule has 0 heterocycles. The molecule has 6 aromatic carbocycles.